The standard InChI is InChI=1S/C21H28O6/c1-11-15(6-5-14-9-13(22)10-17(23)26-14)19-16(7-8-21(3,4)27-19)12(2)18(11)20(24)25/h13-14,22H,5-10H2,1-4H3,(H,24,25). The molecule has 6 nitrogen and oxygen atoms in total. The van der Waals surface area contributed by atoms with Crippen molar-refractivity contribution in [3.05, 3.63) is 27.8 Å². The zero-order valence-corrected chi connectivity index (χ0v) is 16.4. The summed E-state index contributed by atoms with van der Waals surface area (Å²) in [5.74, 6) is -0.530. The van der Waals surface area contributed by atoms with Gasteiger partial charge in [0.2, 0.25) is 0 Å². The number of benzene rings is 1. The Morgan fingerprint density at radius 1 is 1.26 bits per heavy atom. The largest absolute Gasteiger partial charge is 0.487 e. The Hall–Kier alpha value is -2.08. The van der Waals surface area contributed by atoms with Gasteiger partial charge in [-0.15, -0.1) is 0 Å². The van der Waals surface area contributed by atoms with Crippen molar-refractivity contribution in [3.8, 4) is 5.75 Å². The van der Waals surface area contributed by atoms with E-state index in [0.29, 0.717) is 30.4 Å². The Kier molecular flexibility index (Phi) is 5.21. The molecule has 2 atom stereocenters. The second kappa shape index (κ2) is 7.15. The number of carbonyl (C=O) groups is 2. The summed E-state index contributed by atoms with van der Waals surface area (Å²) in [6.45, 7) is 7.74. The topological polar surface area (TPSA) is 93.1 Å². The first-order valence-electron chi connectivity index (χ1n) is 9.54. The van der Waals surface area contributed by atoms with Gasteiger partial charge in [0.25, 0.3) is 0 Å². The zero-order valence-electron chi connectivity index (χ0n) is 16.4. The molecule has 0 aliphatic carbocycles. The highest BCUT2D eigenvalue weighted by atomic mass is 16.5. The van der Waals surface area contributed by atoms with E-state index < -0.39 is 12.1 Å². The second-order valence-electron chi connectivity index (χ2n) is 8.32. The maximum absolute atomic E-state index is 11.9. The molecule has 0 aromatic heterocycles. The average Bonchev–Trinajstić information content (AvgIpc) is 2.52. The van der Waals surface area contributed by atoms with Crippen LogP contribution in [0.15, 0.2) is 0 Å². The van der Waals surface area contributed by atoms with Gasteiger partial charge in [-0.1, -0.05) is 0 Å². The Morgan fingerprint density at radius 2 is 1.96 bits per heavy atom. The molecule has 2 aliphatic heterocycles. The summed E-state index contributed by atoms with van der Waals surface area (Å²) in [5, 5.41) is 19.5. The molecule has 2 N–H and O–H groups in total. The van der Waals surface area contributed by atoms with E-state index in [9.17, 15) is 19.8 Å². The van der Waals surface area contributed by atoms with Gasteiger partial charge in [0, 0.05) is 6.42 Å². The van der Waals surface area contributed by atoms with E-state index >= 15 is 0 Å². The number of carboxylic acids is 1. The molecular weight excluding hydrogens is 348 g/mol. The highest BCUT2D eigenvalue weighted by molar-refractivity contribution is 5.92. The molecule has 0 radical (unpaired) electrons. The number of hydrogen-bond acceptors (Lipinski definition) is 5. The molecule has 1 fully saturated rings. The minimum Gasteiger partial charge on any atom is -0.487 e. The lowest BCUT2D eigenvalue weighted by atomic mass is 9.83. The van der Waals surface area contributed by atoms with Crippen molar-refractivity contribution in [2.45, 2.75) is 84.0 Å². The smallest absolute Gasteiger partial charge is 0.336 e. The molecular formula is C21H28O6. The molecule has 2 heterocycles. The van der Waals surface area contributed by atoms with Gasteiger partial charge in [-0.05, 0) is 75.6 Å². The minimum absolute atomic E-state index is 0.0376. The number of aliphatic hydroxyl groups is 1. The van der Waals surface area contributed by atoms with Crippen LogP contribution in [0, 0.1) is 13.8 Å². The quantitative estimate of drug-likeness (QED) is 0.785. The number of esters is 1. The third-order valence-corrected chi connectivity index (χ3v) is 5.72. The molecule has 148 valence electrons. The maximum atomic E-state index is 11.9. The number of aliphatic hydroxyl groups excluding tert-OH is 1. The molecule has 0 spiro atoms. The Labute approximate surface area is 159 Å². The predicted molar refractivity (Wildman–Crippen MR) is 99.3 cm³/mol. The molecule has 0 saturated carbocycles. The first kappa shape index (κ1) is 19.7. The van der Waals surface area contributed by atoms with Gasteiger partial charge >= 0.3 is 11.9 Å². The molecule has 6 heteroatoms. The predicted octanol–water partition coefficient (Wildman–Crippen LogP) is 3.10. The molecule has 0 bridgehead atoms. The summed E-state index contributed by atoms with van der Waals surface area (Å²) in [7, 11) is 0. The Balaban J connectivity index is 1.96. The third-order valence-electron chi connectivity index (χ3n) is 5.72. The first-order chi connectivity index (χ1) is 12.6. The van der Waals surface area contributed by atoms with Crippen LogP contribution in [0.1, 0.15) is 72.1 Å². The maximum Gasteiger partial charge on any atom is 0.336 e. The first-order valence-corrected chi connectivity index (χ1v) is 9.54. The van der Waals surface area contributed by atoms with Crippen LogP contribution in [0.5, 0.6) is 5.75 Å². The summed E-state index contributed by atoms with van der Waals surface area (Å²) in [6.07, 6.45) is 2.09. The number of cyclic esters (lactones) is 1. The van der Waals surface area contributed by atoms with Gasteiger partial charge in [-0.3, -0.25) is 4.79 Å². The lowest BCUT2D eigenvalue weighted by molar-refractivity contribution is -0.160. The van der Waals surface area contributed by atoms with E-state index in [2.05, 4.69) is 0 Å². The lowest BCUT2D eigenvalue weighted by Crippen LogP contribution is -2.35. The third kappa shape index (κ3) is 3.95. The molecule has 0 amide bonds. The number of rotatable bonds is 4. The molecule has 27 heavy (non-hydrogen) atoms. The van der Waals surface area contributed by atoms with Gasteiger partial charge in [-0.25, -0.2) is 4.79 Å². The van der Waals surface area contributed by atoms with E-state index in [1.807, 2.05) is 27.7 Å². The number of fused-ring (bicyclic) bond motifs is 1. The van der Waals surface area contributed by atoms with Crippen LogP contribution in [-0.2, 0) is 22.4 Å². The van der Waals surface area contributed by atoms with Gasteiger partial charge in [0.1, 0.15) is 17.5 Å². The molecule has 2 aliphatic rings. The van der Waals surface area contributed by atoms with E-state index in [4.69, 9.17) is 9.47 Å². The van der Waals surface area contributed by atoms with Crippen LogP contribution in [0.25, 0.3) is 0 Å². The van der Waals surface area contributed by atoms with Crippen molar-refractivity contribution in [1.29, 1.82) is 0 Å². The molecule has 1 aromatic carbocycles. The summed E-state index contributed by atoms with van der Waals surface area (Å²) in [4.78, 5) is 23.4. The van der Waals surface area contributed by atoms with E-state index in [1.54, 1.807) is 0 Å². The van der Waals surface area contributed by atoms with E-state index in [1.165, 1.54) is 0 Å². The van der Waals surface area contributed by atoms with Gasteiger partial charge in [-0.2, -0.15) is 0 Å². The van der Waals surface area contributed by atoms with Crippen molar-refractivity contribution >= 4 is 11.9 Å². The van der Waals surface area contributed by atoms with Crippen molar-refractivity contribution in [3.63, 3.8) is 0 Å². The van der Waals surface area contributed by atoms with Crippen molar-refractivity contribution in [2.75, 3.05) is 0 Å². The average molecular weight is 376 g/mol. The van der Waals surface area contributed by atoms with Gasteiger partial charge in [0.05, 0.1) is 18.1 Å². The second-order valence-corrected chi connectivity index (χ2v) is 8.32. The zero-order chi connectivity index (χ0) is 19.9. The van der Waals surface area contributed by atoms with Crippen LogP contribution in [0.2, 0.25) is 0 Å². The highest BCUT2D eigenvalue weighted by Gasteiger charge is 2.34. The van der Waals surface area contributed by atoms with E-state index in [-0.39, 0.29) is 24.1 Å². The fraction of sp³-hybridized carbons (Fsp3) is 0.619. The SMILES string of the molecule is Cc1c(CCC2CC(O)CC(=O)O2)c2c(c(C)c1C(=O)O)CCC(C)(C)O2. The summed E-state index contributed by atoms with van der Waals surface area (Å²) < 4.78 is 11.6. The minimum atomic E-state index is -0.932. The van der Waals surface area contributed by atoms with Crippen LogP contribution in [-0.4, -0.2) is 40.0 Å². The van der Waals surface area contributed by atoms with Crippen molar-refractivity contribution in [2.24, 2.45) is 0 Å². The number of carbonyl (C=O) groups excluding carboxylic acids is 1. The normalized spacial score (nSPS) is 24.0. The Bertz CT molecular complexity index is 780. The monoisotopic (exact) mass is 376 g/mol. The van der Waals surface area contributed by atoms with Gasteiger partial charge in [0.15, 0.2) is 0 Å². The fourth-order valence-electron chi connectivity index (χ4n) is 4.25. The van der Waals surface area contributed by atoms with Crippen LogP contribution >= 0.6 is 0 Å². The van der Waals surface area contributed by atoms with Crippen LogP contribution in [0.3, 0.4) is 0 Å². The molecule has 1 aromatic rings. The van der Waals surface area contributed by atoms with Crippen LogP contribution in [0.4, 0.5) is 0 Å². The molecule has 3 rings (SSSR count). The fourth-order valence-corrected chi connectivity index (χ4v) is 4.25. The van der Waals surface area contributed by atoms with Gasteiger partial charge < -0.3 is 19.7 Å². The van der Waals surface area contributed by atoms with E-state index in [0.717, 1.165) is 35.3 Å². The Morgan fingerprint density at radius 3 is 2.59 bits per heavy atom. The molecule has 2 unspecified atom stereocenters. The summed E-state index contributed by atoms with van der Waals surface area (Å²) >= 11 is 0. The number of ether oxygens (including phenoxy) is 2. The number of carboxylic acid groups (broad SMARTS) is 1. The summed E-state index contributed by atoms with van der Waals surface area (Å²) in [5.41, 5.74) is 3.35. The number of aromatic carboxylic acids is 1. The summed E-state index contributed by atoms with van der Waals surface area (Å²) in [6, 6.07) is 0. The van der Waals surface area contributed by atoms with Crippen molar-refractivity contribution < 1.29 is 29.3 Å². The van der Waals surface area contributed by atoms with Crippen molar-refractivity contribution in [1.82, 2.24) is 0 Å². The number of hydrogen-bond donors (Lipinski definition) is 2. The highest BCUT2D eigenvalue weighted by Crippen LogP contribution is 2.42. The molecule has 1 saturated heterocycles. The lowest BCUT2D eigenvalue weighted by Gasteiger charge is -2.36. The van der Waals surface area contributed by atoms with Crippen LogP contribution < -0.4 is 4.74 Å².